The van der Waals surface area contributed by atoms with Crippen LogP contribution in [0.4, 0.5) is 0 Å². The molecule has 3 nitrogen and oxygen atoms in total. The molecule has 2 rings (SSSR count). The number of thiophene rings is 1. The van der Waals surface area contributed by atoms with Gasteiger partial charge in [0.15, 0.2) is 0 Å². The summed E-state index contributed by atoms with van der Waals surface area (Å²) >= 11 is 6.71. The fraction of sp³-hybridized carbons (Fsp3) is 0.312. The van der Waals surface area contributed by atoms with Crippen molar-refractivity contribution in [3.05, 3.63) is 52.2 Å². The Hall–Kier alpha value is -1.43. The Morgan fingerprint density at radius 1 is 1.14 bits per heavy atom. The second kappa shape index (κ2) is 8.77. The van der Waals surface area contributed by atoms with Gasteiger partial charge in [-0.1, -0.05) is 30.4 Å². The van der Waals surface area contributed by atoms with Gasteiger partial charge in [0.2, 0.25) is 0 Å². The molecule has 0 amide bonds. The number of rotatable bonds is 9. The summed E-state index contributed by atoms with van der Waals surface area (Å²) in [5.41, 5.74) is 6.42. The highest BCUT2D eigenvalue weighted by Gasteiger charge is 1.99. The van der Waals surface area contributed by atoms with Gasteiger partial charge in [-0.15, -0.1) is 11.3 Å². The SMILES string of the molecule is NC(=S)c1cccc(OCCCOCCc2cccs2)c1. The highest BCUT2D eigenvalue weighted by molar-refractivity contribution is 7.80. The highest BCUT2D eigenvalue weighted by Crippen LogP contribution is 2.13. The van der Waals surface area contributed by atoms with E-state index in [2.05, 4.69) is 17.5 Å². The standard InChI is InChI=1S/C16H19NO2S2/c17-16(20)13-4-1-5-14(12-13)19-9-3-8-18-10-7-15-6-2-11-21-15/h1-2,4-6,11-12H,3,7-10H2,(H2,17,20). The van der Waals surface area contributed by atoms with Crippen molar-refractivity contribution >= 4 is 28.5 Å². The van der Waals surface area contributed by atoms with Gasteiger partial charge >= 0.3 is 0 Å². The van der Waals surface area contributed by atoms with E-state index in [4.69, 9.17) is 27.4 Å². The predicted octanol–water partition coefficient (Wildman–Crippen LogP) is 3.41. The van der Waals surface area contributed by atoms with Crippen molar-refractivity contribution in [2.45, 2.75) is 12.8 Å². The summed E-state index contributed by atoms with van der Waals surface area (Å²) in [5, 5.41) is 2.09. The minimum absolute atomic E-state index is 0.386. The molecule has 112 valence electrons. The first-order valence-corrected chi connectivity index (χ1v) is 8.17. The van der Waals surface area contributed by atoms with Crippen LogP contribution in [0.25, 0.3) is 0 Å². The molecule has 0 fully saturated rings. The van der Waals surface area contributed by atoms with Crippen LogP contribution in [0.2, 0.25) is 0 Å². The Morgan fingerprint density at radius 3 is 2.81 bits per heavy atom. The van der Waals surface area contributed by atoms with Crippen molar-refractivity contribution in [1.82, 2.24) is 0 Å². The lowest BCUT2D eigenvalue weighted by Gasteiger charge is -2.08. The smallest absolute Gasteiger partial charge is 0.119 e. The predicted molar refractivity (Wildman–Crippen MR) is 91.3 cm³/mol. The molecule has 1 aromatic heterocycles. The lowest BCUT2D eigenvalue weighted by molar-refractivity contribution is 0.122. The van der Waals surface area contributed by atoms with Crippen molar-refractivity contribution < 1.29 is 9.47 Å². The maximum atomic E-state index is 5.66. The second-order valence-corrected chi connectivity index (χ2v) is 6.01. The van der Waals surface area contributed by atoms with Crippen molar-refractivity contribution in [3.63, 3.8) is 0 Å². The van der Waals surface area contributed by atoms with E-state index in [1.807, 2.05) is 24.3 Å². The maximum Gasteiger partial charge on any atom is 0.119 e. The van der Waals surface area contributed by atoms with Crippen LogP contribution < -0.4 is 10.5 Å². The summed E-state index contributed by atoms with van der Waals surface area (Å²) in [6, 6.07) is 11.7. The quantitative estimate of drug-likeness (QED) is 0.568. The maximum absolute atomic E-state index is 5.66. The van der Waals surface area contributed by atoms with Crippen molar-refractivity contribution in [2.75, 3.05) is 19.8 Å². The monoisotopic (exact) mass is 321 g/mol. The Bertz CT molecular complexity index is 555. The molecule has 0 spiro atoms. The number of ether oxygens (including phenoxy) is 2. The summed E-state index contributed by atoms with van der Waals surface area (Å²) in [5.74, 6) is 0.791. The van der Waals surface area contributed by atoms with Crippen molar-refractivity contribution in [1.29, 1.82) is 0 Å². The van der Waals surface area contributed by atoms with Crippen LogP contribution in [0.15, 0.2) is 41.8 Å². The molecular formula is C16H19NO2S2. The van der Waals surface area contributed by atoms with Gasteiger partial charge in [0.05, 0.1) is 13.2 Å². The van der Waals surface area contributed by atoms with Crippen LogP contribution in [0.3, 0.4) is 0 Å². The third-order valence-corrected chi connectivity index (χ3v) is 4.07. The van der Waals surface area contributed by atoms with Crippen LogP contribution in [-0.2, 0) is 11.2 Å². The van der Waals surface area contributed by atoms with Gasteiger partial charge in [0.25, 0.3) is 0 Å². The van der Waals surface area contributed by atoms with Crippen LogP contribution in [0, 0.1) is 0 Å². The Labute approximate surface area is 134 Å². The number of hydrogen-bond acceptors (Lipinski definition) is 4. The van der Waals surface area contributed by atoms with Gasteiger partial charge in [-0.25, -0.2) is 0 Å². The van der Waals surface area contributed by atoms with Gasteiger partial charge < -0.3 is 15.2 Å². The molecule has 5 heteroatoms. The molecule has 0 aliphatic carbocycles. The fourth-order valence-corrected chi connectivity index (χ4v) is 2.64. The van der Waals surface area contributed by atoms with E-state index in [0.29, 0.717) is 18.2 Å². The molecule has 0 aliphatic heterocycles. The molecule has 0 saturated heterocycles. The van der Waals surface area contributed by atoms with Gasteiger partial charge in [0.1, 0.15) is 10.7 Å². The molecule has 1 heterocycles. The third-order valence-electron chi connectivity index (χ3n) is 2.89. The number of thiocarbonyl (C=S) groups is 1. The fourth-order valence-electron chi connectivity index (χ4n) is 1.82. The first kappa shape index (κ1) is 15.9. The topological polar surface area (TPSA) is 44.5 Å². The van der Waals surface area contributed by atoms with Gasteiger partial charge in [-0.3, -0.25) is 0 Å². The third kappa shape index (κ3) is 5.83. The molecule has 2 aromatic rings. The van der Waals surface area contributed by atoms with Gasteiger partial charge in [-0.2, -0.15) is 0 Å². The average Bonchev–Trinajstić information content (AvgIpc) is 3.00. The first-order valence-electron chi connectivity index (χ1n) is 6.88. The molecule has 0 saturated carbocycles. The van der Waals surface area contributed by atoms with E-state index >= 15 is 0 Å². The van der Waals surface area contributed by atoms with Crippen molar-refractivity contribution in [3.8, 4) is 5.75 Å². The second-order valence-electron chi connectivity index (χ2n) is 4.54. The molecule has 0 aliphatic rings. The van der Waals surface area contributed by atoms with E-state index in [1.165, 1.54) is 4.88 Å². The minimum atomic E-state index is 0.386. The van der Waals surface area contributed by atoms with Crippen LogP contribution >= 0.6 is 23.6 Å². The Morgan fingerprint density at radius 2 is 2.05 bits per heavy atom. The summed E-state index contributed by atoms with van der Waals surface area (Å²) < 4.78 is 11.2. The highest BCUT2D eigenvalue weighted by atomic mass is 32.1. The molecule has 0 unspecified atom stereocenters. The van der Waals surface area contributed by atoms with E-state index < -0.39 is 0 Å². The molecule has 0 bridgehead atoms. The van der Waals surface area contributed by atoms with E-state index in [1.54, 1.807) is 11.3 Å². The van der Waals surface area contributed by atoms with Crippen LogP contribution in [-0.4, -0.2) is 24.8 Å². The number of hydrogen-bond donors (Lipinski definition) is 1. The van der Waals surface area contributed by atoms with Gasteiger partial charge in [0, 0.05) is 29.9 Å². The molecule has 2 N–H and O–H groups in total. The zero-order chi connectivity index (χ0) is 14.9. The van der Waals surface area contributed by atoms with E-state index in [9.17, 15) is 0 Å². The van der Waals surface area contributed by atoms with Crippen molar-refractivity contribution in [2.24, 2.45) is 5.73 Å². The lowest BCUT2D eigenvalue weighted by Crippen LogP contribution is -2.09. The van der Waals surface area contributed by atoms with E-state index in [-0.39, 0.29) is 0 Å². The molecular weight excluding hydrogens is 302 g/mol. The summed E-state index contributed by atoms with van der Waals surface area (Å²) in [6.07, 6.45) is 1.84. The lowest BCUT2D eigenvalue weighted by atomic mass is 10.2. The number of benzene rings is 1. The normalized spacial score (nSPS) is 10.5. The zero-order valence-corrected chi connectivity index (χ0v) is 13.4. The average molecular weight is 321 g/mol. The largest absolute Gasteiger partial charge is 0.493 e. The summed E-state index contributed by atoms with van der Waals surface area (Å²) in [6.45, 7) is 2.09. The zero-order valence-electron chi connectivity index (χ0n) is 11.8. The van der Waals surface area contributed by atoms with Gasteiger partial charge in [-0.05, 0) is 23.6 Å². The molecule has 0 radical (unpaired) electrons. The Balaban J connectivity index is 1.57. The number of nitrogens with two attached hydrogens (primary N) is 1. The van der Waals surface area contributed by atoms with Crippen LogP contribution in [0.5, 0.6) is 5.75 Å². The van der Waals surface area contributed by atoms with Crippen LogP contribution in [0.1, 0.15) is 16.9 Å². The minimum Gasteiger partial charge on any atom is -0.493 e. The molecule has 1 aromatic carbocycles. The Kier molecular flexibility index (Phi) is 6.66. The summed E-state index contributed by atoms with van der Waals surface area (Å²) in [7, 11) is 0. The van der Waals surface area contributed by atoms with E-state index in [0.717, 1.165) is 30.8 Å². The summed E-state index contributed by atoms with van der Waals surface area (Å²) in [4.78, 5) is 1.75. The molecule has 21 heavy (non-hydrogen) atoms. The first-order chi connectivity index (χ1) is 10.3. The molecule has 0 atom stereocenters.